The highest BCUT2D eigenvalue weighted by Crippen LogP contribution is 2.01. The van der Waals surface area contributed by atoms with Crippen LogP contribution in [0.4, 0.5) is 0 Å². The summed E-state index contributed by atoms with van der Waals surface area (Å²) in [5.41, 5.74) is 4.19. The molecule has 0 radical (unpaired) electrons. The van der Waals surface area contributed by atoms with Crippen molar-refractivity contribution in [3.05, 3.63) is 35.9 Å². The first-order chi connectivity index (χ1) is 8.24. The first kappa shape index (κ1) is 13.4. The van der Waals surface area contributed by atoms with E-state index in [0.29, 0.717) is 5.56 Å². The van der Waals surface area contributed by atoms with E-state index in [-0.39, 0.29) is 5.91 Å². The number of carbonyl (C=O) groups excluding carboxylic acids is 1. The highest BCUT2D eigenvalue weighted by atomic mass is 16.2. The maximum Gasteiger partial charge on any atom is 0.271 e. The fourth-order valence-electron chi connectivity index (χ4n) is 1.49. The average molecular weight is 232 g/mol. The summed E-state index contributed by atoms with van der Waals surface area (Å²) in [6.07, 6.45) is 4.49. The monoisotopic (exact) mass is 232 g/mol. The van der Waals surface area contributed by atoms with E-state index in [1.807, 2.05) is 25.1 Å². The number of hydrogen-bond donors (Lipinski definition) is 1. The highest BCUT2D eigenvalue weighted by Gasteiger charge is 2.02. The number of nitrogens with zero attached hydrogens (tertiary/aromatic N) is 1. The Bertz CT molecular complexity index is 371. The Kier molecular flexibility index (Phi) is 6.00. The lowest BCUT2D eigenvalue weighted by Gasteiger charge is -2.02. The van der Waals surface area contributed by atoms with Gasteiger partial charge in [-0.2, -0.15) is 5.10 Å². The van der Waals surface area contributed by atoms with Crippen LogP contribution in [-0.2, 0) is 0 Å². The third kappa shape index (κ3) is 5.29. The summed E-state index contributed by atoms with van der Waals surface area (Å²) in [6.45, 7) is 4.12. The first-order valence-corrected chi connectivity index (χ1v) is 6.12. The zero-order valence-electron chi connectivity index (χ0n) is 10.6. The van der Waals surface area contributed by atoms with Gasteiger partial charge in [0.2, 0.25) is 0 Å². The molecule has 3 nitrogen and oxygen atoms in total. The van der Waals surface area contributed by atoms with Crippen LogP contribution in [0.25, 0.3) is 0 Å². The largest absolute Gasteiger partial charge is 0.271 e. The maximum atomic E-state index is 11.7. The van der Waals surface area contributed by atoms with E-state index < -0.39 is 0 Å². The molecule has 1 amide bonds. The van der Waals surface area contributed by atoms with Gasteiger partial charge in [-0.1, -0.05) is 38.0 Å². The van der Waals surface area contributed by atoms with Crippen molar-refractivity contribution in [3.63, 3.8) is 0 Å². The summed E-state index contributed by atoms with van der Waals surface area (Å²) in [5, 5.41) is 4.09. The fraction of sp³-hybridized carbons (Fsp3) is 0.429. The molecule has 1 aromatic carbocycles. The minimum atomic E-state index is -0.152. The van der Waals surface area contributed by atoms with Gasteiger partial charge in [-0.25, -0.2) is 5.43 Å². The molecule has 17 heavy (non-hydrogen) atoms. The molecule has 0 heterocycles. The second-order valence-electron chi connectivity index (χ2n) is 4.11. The lowest BCUT2D eigenvalue weighted by Crippen LogP contribution is -2.18. The number of unbranched alkanes of at least 4 members (excludes halogenated alkanes) is 2. The number of nitrogens with one attached hydrogen (secondary N) is 1. The summed E-state index contributed by atoms with van der Waals surface area (Å²) < 4.78 is 0. The molecule has 0 aliphatic carbocycles. The standard InChI is InChI=1S/C14H20N2O/c1-3-4-6-9-12(2)15-16-14(17)13-10-7-5-8-11-13/h5,7-8,10-11H,3-4,6,9H2,1-2H3,(H,16,17)/b15-12+. The van der Waals surface area contributed by atoms with Gasteiger partial charge in [-0.3, -0.25) is 4.79 Å². The Morgan fingerprint density at radius 3 is 2.59 bits per heavy atom. The Labute approximate surface area is 103 Å². The maximum absolute atomic E-state index is 11.7. The van der Waals surface area contributed by atoms with Crippen molar-refractivity contribution in [2.75, 3.05) is 0 Å². The molecule has 0 atom stereocenters. The van der Waals surface area contributed by atoms with Gasteiger partial charge in [0.05, 0.1) is 0 Å². The van der Waals surface area contributed by atoms with Gasteiger partial charge in [0, 0.05) is 11.3 Å². The zero-order chi connectivity index (χ0) is 12.5. The summed E-state index contributed by atoms with van der Waals surface area (Å²) in [6, 6.07) is 9.12. The third-order valence-corrected chi connectivity index (χ3v) is 2.53. The molecule has 0 fully saturated rings. The number of rotatable bonds is 6. The van der Waals surface area contributed by atoms with Gasteiger partial charge in [0.15, 0.2) is 0 Å². The van der Waals surface area contributed by atoms with Gasteiger partial charge in [0.1, 0.15) is 0 Å². The van der Waals surface area contributed by atoms with Crippen molar-refractivity contribution in [2.24, 2.45) is 5.10 Å². The van der Waals surface area contributed by atoms with E-state index in [1.165, 1.54) is 12.8 Å². The Hall–Kier alpha value is -1.64. The number of amides is 1. The van der Waals surface area contributed by atoms with Crippen molar-refractivity contribution in [1.29, 1.82) is 0 Å². The average Bonchev–Trinajstić information content (AvgIpc) is 2.37. The number of hydrazone groups is 1. The van der Waals surface area contributed by atoms with Crippen LogP contribution in [0.1, 0.15) is 49.9 Å². The van der Waals surface area contributed by atoms with Gasteiger partial charge < -0.3 is 0 Å². The van der Waals surface area contributed by atoms with Crippen LogP contribution in [0.15, 0.2) is 35.4 Å². The predicted octanol–water partition coefficient (Wildman–Crippen LogP) is 3.37. The topological polar surface area (TPSA) is 41.5 Å². The SMILES string of the molecule is CCCCC/C(C)=N/NC(=O)c1ccccc1. The molecule has 92 valence electrons. The van der Waals surface area contributed by atoms with E-state index in [2.05, 4.69) is 17.5 Å². The van der Waals surface area contributed by atoms with Crippen LogP contribution < -0.4 is 5.43 Å². The first-order valence-electron chi connectivity index (χ1n) is 6.12. The number of benzene rings is 1. The van der Waals surface area contributed by atoms with Crippen LogP contribution in [0, 0.1) is 0 Å². The third-order valence-electron chi connectivity index (χ3n) is 2.53. The summed E-state index contributed by atoms with van der Waals surface area (Å²) in [4.78, 5) is 11.7. The second kappa shape index (κ2) is 7.60. The molecule has 0 unspecified atom stereocenters. The summed E-state index contributed by atoms with van der Waals surface area (Å²) in [7, 11) is 0. The summed E-state index contributed by atoms with van der Waals surface area (Å²) >= 11 is 0. The smallest absolute Gasteiger partial charge is 0.267 e. The molecule has 0 saturated carbocycles. The van der Waals surface area contributed by atoms with Crippen molar-refractivity contribution in [1.82, 2.24) is 5.43 Å². The molecule has 0 spiro atoms. The molecule has 1 N–H and O–H groups in total. The van der Waals surface area contributed by atoms with Gasteiger partial charge in [-0.05, 0) is 31.9 Å². The molecule has 0 aromatic heterocycles. The lowest BCUT2D eigenvalue weighted by molar-refractivity contribution is 0.0954. The molecule has 3 heteroatoms. The molecule has 0 bridgehead atoms. The normalized spacial score (nSPS) is 11.3. The van der Waals surface area contributed by atoms with Crippen LogP contribution in [0.5, 0.6) is 0 Å². The van der Waals surface area contributed by atoms with Gasteiger partial charge >= 0.3 is 0 Å². The van der Waals surface area contributed by atoms with E-state index in [4.69, 9.17) is 0 Å². The molecular formula is C14H20N2O. The van der Waals surface area contributed by atoms with Crippen molar-refractivity contribution < 1.29 is 4.79 Å². The number of hydrogen-bond acceptors (Lipinski definition) is 2. The minimum absolute atomic E-state index is 0.152. The lowest BCUT2D eigenvalue weighted by atomic mass is 10.1. The van der Waals surface area contributed by atoms with Crippen LogP contribution in [0.2, 0.25) is 0 Å². The molecule has 0 aliphatic rings. The second-order valence-corrected chi connectivity index (χ2v) is 4.11. The van der Waals surface area contributed by atoms with Crippen molar-refractivity contribution in [2.45, 2.75) is 39.5 Å². The van der Waals surface area contributed by atoms with Crippen LogP contribution in [0.3, 0.4) is 0 Å². The van der Waals surface area contributed by atoms with Gasteiger partial charge in [0.25, 0.3) is 5.91 Å². The number of carbonyl (C=O) groups is 1. The predicted molar refractivity (Wildman–Crippen MR) is 71.2 cm³/mol. The Morgan fingerprint density at radius 2 is 1.94 bits per heavy atom. The zero-order valence-corrected chi connectivity index (χ0v) is 10.6. The highest BCUT2D eigenvalue weighted by molar-refractivity contribution is 5.95. The molecule has 1 aromatic rings. The van der Waals surface area contributed by atoms with E-state index >= 15 is 0 Å². The molecular weight excluding hydrogens is 212 g/mol. The summed E-state index contributed by atoms with van der Waals surface area (Å²) in [5.74, 6) is -0.152. The van der Waals surface area contributed by atoms with E-state index in [1.54, 1.807) is 12.1 Å². The van der Waals surface area contributed by atoms with Crippen LogP contribution >= 0.6 is 0 Å². The van der Waals surface area contributed by atoms with Crippen LogP contribution in [-0.4, -0.2) is 11.6 Å². The van der Waals surface area contributed by atoms with Crippen molar-refractivity contribution >= 4 is 11.6 Å². The Balaban J connectivity index is 2.39. The van der Waals surface area contributed by atoms with E-state index in [9.17, 15) is 4.79 Å². The molecule has 1 rings (SSSR count). The fourth-order valence-corrected chi connectivity index (χ4v) is 1.49. The van der Waals surface area contributed by atoms with Gasteiger partial charge in [-0.15, -0.1) is 0 Å². The Morgan fingerprint density at radius 1 is 1.24 bits per heavy atom. The van der Waals surface area contributed by atoms with E-state index in [0.717, 1.165) is 18.6 Å². The van der Waals surface area contributed by atoms with Crippen molar-refractivity contribution in [3.8, 4) is 0 Å². The minimum Gasteiger partial charge on any atom is -0.267 e. The molecule has 0 saturated heterocycles. The quantitative estimate of drug-likeness (QED) is 0.456. The molecule has 0 aliphatic heterocycles.